The van der Waals surface area contributed by atoms with Gasteiger partial charge in [0.25, 0.3) is 5.91 Å². The Bertz CT molecular complexity index is 701. The summed E-state index contributed by atoms with van der Waals surface area (Å²) in [6, 6.07) is 6.86. The largest absolute Gasteiger partial charge is 0.484 e. The maximum absolute atomic E-state index is 11.7. The molecule has 110 valence electrons. The lowest BCUT2D eigenvalue weighted by Gasteiger charge is -2.04. The molecule has 0 spiro atoms. The van der Waals surface area contributed by atoms with E-state index in [-0.39, 0.29) is 24.8 Å². The summed E-state index contributed by atoms with van der Waals surface area (Å²) in [5, 5.41) is 1.85. The summed E-state index contributed by atoms with van der Waals surface area (Å²) < 4.78 is 7.12. The Morgan fingerprint density at radius 3 is 2.62 bits per heavy atom. The number of primary amides is 1. The van der Waals surface area contributed by atoms with Gasteiger partial charge in [-0.2, -0.15) is 4.99 Å². The maximum atomic E-state index is 11.7. The second kappa shape index (κ2) is 6.85. The fourth-order valence-electron chi connectivity index (χ4n) is 1.62. The number of carbonyl (C=O) groups is 2. The molecule has 0 aliphatic rings. The fourth-order valence-corrected chi connectivity index (χ4v) is 2.37. The van der Waals surface area contributed by atoms with Crippen molar-refractivity contribution >= 4 is 23.2 Å². The zero-order valence-corrected chi connectivity index (χ0v) is 12.3. The molecule has 2 aromatic rings. The van der Waals surface area contributed by atoms with Crippen LogP contribution in [0, 0.1) is 0 Å². The lowest BCUT2D eigenvalue weighted by molar-refractivity contribution is -0.120. The molecule has 2 amide bonds. The van der Waals surface area contributed by atoms with Crippen LogP contribution >= 0.6 is 11.3 Å². The van der Waals surface area contributed by atoms with Gasteiger partial charge >= 0.3 is 0 Å². The van der Waals surface area contributed by atoms with Gasteiger partial charge in [-0.3, -0.25) is 9.59 Å². The zero-order valence-electron chi connectivity index (χ0n) is 11.5. The summed E-state index contributed by atoms with van der Waals surface area (Å²) in [6.07, 6.45) is 2.01. The Balaban J connectivity index is 1.93. The predicted octanol–water partition coefficient (Wildman–Crippen LogP) is 0.621. The molecular formula is C14H15N3O3S. The van der Waals surface area contributed by atoms with Gasteiger partial charge in [0.15, 0.2) is 11.4 Å². The van der Waals surface area contributed by atoms with E-state index >= 15 is 0 Å². The molecule has 6 nitrogen and oxygen atoms in total. The number of thiazole rings is 1. The Morgan fingerprint density at radius 1 is 1.33 bits per heavy atom. The average molecular weight is 305 g/mol. The van der Waals surface area contributed by atoms with Crippen molar-refractivity contribution in [3.63, 3.8) is 0 Å². The molecular weight excluding hydrogens is 290 g/mol. The van der Waals surface area contributed by atoms with E-state index in [1.165, 1.54) is 11.3 Å². The van der Waals surface area contributed by atoms with Crippen molar-refractivity contribution in [3.05, 3.63) is 46.2 Å². The number of carbonyl (C=O) groups excluding carboxylic acids is 2. The van der Waals surface area contributed by atoms with Gasteiger partial charge in [-0.25, -0.2) is 0 Å². The molecule has 0 aliphatic carbocycles. The second-order valence-corrected chi connectivity index (χ2v) is 5.25. The van der Waals surface area contributed by atoms with Crippen molar-refractivity contribution < 1.29 is 14.3 Å². The molecule has 0 radical (unpaired) electrons. The summed E-state index contributed by atoms with van der Waals surface area (Å²) in [6.45, 7) is -0.132. The number of aromatic nitrogens is 1. The van der Waals surface area contributed by atoms with Crippen molar-refractivity contribution in [2.24, 2.45) is 17.8 Å². The number of nitrogens with two attached hydrogens (primary N) is 1. The molecule has 0 unspecified atom stereocenters. The Kier molecular flexibility index (Phi) is 4.89. The van der Waals surface area contributed by atoms with E-state index in [4.69, 9.17) is 10.5 Å². The van der Waals surface area contributed by atoms with E-state index < -0.39 is 0 Å². The topological polar surface area (TPSA) is 86.7 Å². The lowest BCUT2D eigenvalue weighted by atomic mass is 10.1. The van der Waals surface area contributed by atoms with Crippen LogP contribution in [0.25, 0.3) is 0 Å². The Hall–Kier alpha value is -2.41. The van der Waals surface area contributed by atoms with E-state index in [0.717, 1.165) is 5.56 Å². The minimum absolute atomic E-state index is 0.132. The third kappa shape index (κ3) is 4.57. The first-order valence-corrected chi connectivity index (χ1v) is 7.10. The highest BCUT2D eigenvalue weighted by molar-refractivity contribution is 7.07. The minimum Gasteiger partial charge on any atom is -0.484 e. The zero-order chi connectivity index (χ0) is 15.2. The highest BCUT2D eigenvalue weighted by atomic mass is 32.1. The SMILES string of the molecule is Cn1ccsc1=NC(=O)COc1ccc(CC(N)=O)cc1. The van der Waals surface area contributed by atoms with Gasteiger partial charge in [0.1, 0.15) is 5.75 Å². The number of benzene rings is 1. The predicted molar refractivity (Wildman–Crippen MR) is 78.7 cm³/mol. The molecule has 0 fully saturated rings. The third-order valence-corrected chi connectivity index (χ3v) is 3.49. The van der Waals surface area contributed by atoms with Crippen molar-refractivity contribution in [3.8, 4) is 5.75 Å². The molecule has 1 heterocycles. The molecule has 2 rings (SSSR count). The van der Waals surface area contributed by atoms with Crippen molar-refractivity contribution in [2.75, 3.05) is 6.61 Å². The van der Waals surface area contributed by atoms with Crippen LogP contribution in [0.15, 0.2) is 40.8 Å². The van der Waals surface area contributed by atoms with Gasteiger partial charge in [0.2, 0.25) is 5.91 Å². The van der Waals surface area contributed by atoms with Gasteiger partial charge in [0.05, 0.1) is 6.42 Å². The van der Waals surface area contributed by atoms with Crippen LogP contribution in [0.5, 0.6) is 5.75 Å². The van der Waals surface area contributed by atoms with E-state index in [9.17, 15) is 9.59 Å². The molecule has 1 aromatic carbocycles. The van der Waals surface area contributed by atoms with Crippen LogP contribution in [-0.4, -0.2) is 23.0 Å². The van der Waals surface area contributed by atoms with Gasteiger partial charge in [-0.05, 0) is 17.7 Å². The lowest BCUT2D eigenvalue weighted by Crippen LogP contribution is -2.16. The molecule has 7 heteroatoms. The molecule has 0 saturated heterocycles. The third-order valence-electron chi connectivity index (χ3n) is 2.64. The first-order chi connectivity index (χ1) is 10.0. The number of aryl methyl sites for hydroxylation is 1. The Morgan fingerprint density at radius 2 is 2.05 bits per heavy atom. The van der Waals surface area contributed by atoms with Crippen LogP contribution in [0.4, 0.5) is 0 Å². The number of hydrogen-bond donors (Lipinski definition) is 1. The smallest absolute Gasteiger partial charge is 0.286 e. The first-order valence-electron chi connectivity index (χ1n) is 6.22. The molecule has 0 aliphatic heterocycles. The molecule has 0 bridgehead atoms. The van der Waals surface area contributed by atoms with Crippen LogP contribution in [0.2, 0.25) is 0 Å². The number of hydrogen-bond acceptors (Lipinski definition) is 4. The molecule has 2 N–H and O–H groups in total. The van der Waals surface area contributed by atoms with Gasteiger partial charge in [0, 0.05) is 18.6 Å². The van der Waals surface area contributed by atoms with Gasteiger partial charge in [-0.15, -0.1) is 11.3 Å². The van der Waals surface area contributed by atoms with E-state index in [1.54, 1.807) is 28.8 Å². The average Bonchev–Trinajstić information content (AvgIpc) is 2.83. The monoisotopic (exact) mass is 305 g/mol. The second-order valence-electron chi connectivity index (χ2n) is 4.38. The molecule has 0 atom stereocenters. The number of ether oxygens (including phenoxy) is 1. The highest BCUT2D eigenvalue weighted by Crippen LogP contribution is 2.12. The molecule has 21 heavy (non-hydrogen) atoms. The summed E-state index contributed by atoms with van der Waals surface area (Å²) >= 11 is 1.38. The number of nitrogens with zero attached hydrogens (tertiary/aromatic N) is 2. The van der Waals surface area contributed by atoms with Crippen molar-refractivity contribution in [2.45, 2.75) is 6.42 Å². The van der Waals surface area contributed by atoms with Crippen LogP contribution < -0.4 is 15.3 Å². The van der Waals surface area contributed by atoms with E-state index in [2.05, 4.69) is 4.99 Å². The van der Waals surface area contributed by atoms with E-state index in [1.807, 2.05) is 18.6 Å². The van der Waals surface area contributed by atoms with Crippen molar-refractivity contribution in [1.82, 2.24) is 4.57 Å². The summed E-state index contributed by atoms with van der Waals surface area (Å²) in [5.74, 6) is -0.196. The van der Waals surface area contributed by atoms with Crippen LogP contribution in [0.3, 0.4) is 0 Å². The molecule has 1 aromatic heterocycles. The molecule has 0 saturated carbocycles. The quantitative estimate of drug-likeness (QED) is 0.878. The number of amides is 2. The summed E-state index contributed by atoms with van der Waals surface area (Å²) in [4.78, 5) is 27.0. The normalized spacial score (nSPS) is 11.4. The van der Waals surface area contributed by atoms with Crippen LogP contribution in [0.1, 0.15) is 5.56 Å². The summed E-state index contributed by atoms with van der Waals surface area (Å²) in [7, 11) is 1.82. The van der Waals surface area contributed by atoms with Crippen molar-refractivity contribution in [1.29, 1.82) is 0 Å². The maximum Gasteiger partial charge on any atom is 0.286 e. The van der Waals surface area contributed by atoms with Gasteiger partial charge in [-0.1, -0.05) is 12.1 Å². The highest BCUT2D eigenvalue weighted by Gasteiger charge is 2.03. The Labute approximate surface area is 125 Å². The minimum atomic E-state index is -0.388. The number of rotatable bonds is 5. The summed E-state index contributed by atoms with van der Waals surface area (Å²) in [5.41, 5.74) is 5.91. The van der Waals surface area contributed by atoms with E-state index in [0.29, 0.717) is 10.6 Å². The van der Waals surface area contributed by atoms with Crippen LogP contribution in [-0.2, 0) is 23.1 Å². The van der Waals surface area contributed by atoms with Gasteiger partial charge < -0.3 is 15.0 Å². The first kappa shape index (κ1) is 15.0. The standard InChI is InChI=1S/C14H15N3O3S/c1-17-6-7-21-14(17)16-13(19)9-20-11-4-2-10(3-5-11)8-12(15)18/h2-7H,8-9H2,1H3,(H2,15,18). The fraction of sp³-hybridized carbons (Fsp3) is 0.214.